The fraction of sp³-hybridized carbons (Fsp3) is 0.250. The maximum Gasteiger partial charge on any atom is 0.301 e. The highest BCUT2D eigenvalue weighted by Gasteiger charge is 2.23. The molecule has 1 aromatic carbocycles. The molecule has 0 aliphatic heterocycles. The molecule has 88 valence electrons. The van der Waals surface area contributed by atoms with E-state index >= 15 is 0 Å². The molecule has 1 rings (SSSR count). The second-order valence-electron chi connectivity index (χ2n) is 3.07. The summed E-state index contributed by atoms with van der Waals surface area (Å²) in [4.78, 5) is 8.97. The van der Waals surface area contributed by atoms with Gasteiger partial charge in [0.15, 0.2) is 4.90 Å². The van der Waals surface area contributed by atoms with Crippen molar-refractivity contribution < 1.29 is 17.9 Å². The number of nitrogens with two attached hydrogens (primary N) is 1. The molecule has 0 spiro atoms. The summed E-state index contributed by atoms with van der Waals surface area (Å²) < 4.78 is 30.7. The van der Waals surface area contributed by atoms with E-state index in [9.17, 15) is 18.5 Å². The number of hydrogen-bond acceptors (Lipinski definition) is 5. The molecule has 0 aliphatic carbocycles. The highest BCUT2D eigenvalue weighted by atomic mass is 32.2. The van der Waals surface area contributed by atoms with Crippen LogP contribution in [0.5, 0.6) is 0 Å². The molecule has 0 bridgehead atoms. The first-order valence-corrected chi connectivity index (χ1v) is 5.75. The minimum absolute atomic E-state index is 0.280. The topological polar surface area (TPSA) is 124 Å². The van der Waals surface area contributed by atoms with Crippen LogP contribution < -0.4 is 5.73 Å². The SMILES string of the molecule is NCCc1ccc([N+](=O)[O-])c(S(=O)(=O)O)c1. The Hall–Kier alpha value is -1.51. The standard InChI is InChI=1S/C8H10N2O5S/c9-4-3-6-1-2-7(10(11)12)8(5-6)16(13,14)15/h1-2,5H,3-4,9H2,(H,13,14,15). The van der Waals surface area contributed by atoms with Gasteiger partial charge in [0, 0.05) is 6.07 Å². The predicted molar refractivity (Wildman–Crippen MR) is 55.7 cm³/mol. The Labute approximate surface area is 91.8 Å². The summed E-state index contributed by atoms with van der Waals surface area (Å²) in [5.74, 6) is 0. The van der Waals surface area contributed by atoms with Gasteiger partial charge in [0.25, 0.3) is 5.69 Å². The van der Waals surface area contributed by atoms with Crippen LogP contribution in [-0.2, 0) is 16.5 Å². The zero-order valence-corrected chi connectivity index (χ0v) is 8.98. The van der Waals surface area contributed by atoms with E-state index in [1.54, 1.807) is 0 Å². The first-order valence-electron chi connectivity index (χ1n) is 4.31. The number of rotatable bonds is 4. The Balaban J connectivity index is 3.39. The third kappa shape index (κ3) is 2.75. The quantitative estimate of drug-likeness (QED) is 0.448. The Morgan fingerprint density at radius 2 is 2.06 bits per heavy atom. The molecule has 8 heteroatoms. The van der Waals surface area contributed by atoms with Crippen molar-refractivity contribution in [2.45, 2.75) is 11.3 Å². The van der Waals surface area contributed by atoms with Crippen LogP contribution in [0.4, 0.5) is 5.69 Å². The molecule has 0 saturated heterocycles. The summed E-state index contributed by atoms with van der Waals surface area (Å²) in [6, 6.07) is 3.49. The van der Waals surface area contributed by atoms with Crippen LogP contribution in [0.3, 0.4) is 0 Å². The summed E-state index contributed by atoms with van der Waals surface area (Å²) in [5, 5.41) is 10.5. The van der Waals surface area contributed by atoms with Crippen LogP contribution in [0.2, 0.25) is 0 Å². The van der Waals surface area contributed by atoms with Crippen molar-refractivity contribution in [1.82, 2.24) is 0 Å². The molecule has 16 heavy (non-hydrogen) atoms. The van der Waals surface area contributed by atoms with Gasteiger partial charge in [-0.1, -0.05) is 6.07 Å². The van der Waals surface area contributed by atoms with E-state index in [0.29, 0.717) is 12.0 Å². The van der Waals surface area contributed by atoms with E-state index in [1.165, 1.54) is 6.07 Å². The fourth-order valence-electron chi connectivity index (χ4n) is 1.24. The van der Waals surface area contributed by atoms with Crippen molar-refractivity contribution in [3.05, 3.63) is 33.9 Å². The molecule has 0 saturated carbocycles. The van der Waals surface area contributed by atoms with Crippen molar-refractivity contribution in [3.8, 4) is 0 Å². The molecule has 0 heterocycles. The van der Waals surface area contributed by atoms with Crippen molar-refractivity contribution >= 4 is 15.8 Å². The van der Waals surface area contributed by atoms with E-state index in [2.05, 4.69) is 0 Å². The zero-order chi connectivity index (χ0) is 12.3. The molecule has 0 radical (unpaired) electrons. The highest BCUT2D eigenvalue weighted by Crippen LogP contribution is 2.24. The molecule has 0 aliphatic rings. The molecule has 3 N–H and O–H groups in total. The first kappa shape index (κ1) is 12.6. The van der Waals surface area contributed by atoms with Crippen LogP contribution in [0.1, 0.15) is 5.56 Å². The smallest absolute Gasteiger partial charge is 0.301 e. The van der Waals surface area contributed by atoms with Gasteiger partial charge in [-0.05, 0) is 24.6 Å². The van der Waals surface area contributed by atoms with E-state index in [1.807, 2.05) is 0 Å². The lowest BCUT2D eigenvalue weighted by Gasteiger charge is -2.03. The normalized spacial score (nSPS) is 11.4. The highest BCUT2D eigenvalue weighted by molar-refractivity contribution is 7.86. The number of nitro groups is 1. The first-order chi connectivity index (χ1) is 7.36. The van der Waals surface area contributed by atoms with Crippen LogP contribution in [0, 0.1) is 10.1 Å². The fourth-order valence-corrected chi connectivity index (χ4v) is 1.95. The lowest BCUT2D eigenvalue weighted by atomic mass is 10.1. The van der Waals surface area contributed by atoms with Crippen molar-refractivity contribution in [3.63, 3.8) is 0 Å². The van der Waals surface area contributed by atoms with Crippen LogP contribution >= 0.6 is 0 Å². The van der Waals surface area contributed by atoms with Gasteiger partial charge < -0.3 is 5.73 Å². The van der Waals surface area contributed by atoms with Gasteiger partial charge in [-0.3, -0.25) is 14.7 Å². The molecule has 7 nitrogen and oxygen atoms in total. The Morgan fingerprint density at radius 3 is 2.50 bits per heavy atom. The second-order valence-corrected chi connectivity index (χ2v) is 4.46. The molecular formula is C8H10N2O5S. The summed E-state index contributed by atoms with van der Waals surface area (Å²) in [6.07, 6.45) is 0.376. The summed E-state index contributed by atoms with van der Waals surface area (Å²) in [7, 11) is -4.60. The maximum atomic E-state index is 10.9. The third-order valence-electron chi connectivity index (χ3n) is 1.93. The molecule has 1 aromatic rings. The van der Waals surface area contributed by atoms with Gasteiger partial charge in [-0.15, -0.1) is 0 Å². The molecule has 0 amide bonds. The van der Waals surface area contributed by atoms with E-state index in [-0.39, 0.29) is 6.54 Å². The minimum atomic E-state index is -4.60. The molecule has 0 aromatic heterocycles. The van der Waals surface area contributed by atoms with Crippen molar-refractivity contribution in [2.24, 2.45) is 5.73 Å². The molecule has 0 atom stereocenters. The number of hydrogen-bond donors (Lipinski definition) is 2. The average molecular weight is 246 g/mol. The van der Waals surface area contributed by atoms with Gasteiger partial charge in [-0.25, -0.2) is 0 Å². The number of benzene rings is 1. The molecule has 0 fully saturated rings. The number of nitrogens with zero attached hydrogens (tertiary/aromatic N) is 1. The summed E-state index contributed by atoms with van der Waals surface area (Å²) >= 11 is 0. The van der Waals surface area contributed by atoms with E-state index in [4.69, 9.17) is 10.3 Å². The van der Waals surface area contributed by atoms with Crippen LogP contribution in [-0.4, -0.2) is 24.4 Å². The van der Waals surface area contributed by atoms with Gasteiger partial charge in [0.2, 0.25) is 0 Å². The molecular weight excluding hydrogens is 236 g/mol. The molecule has 0 unspecified atom stereocenters. The largest absolute Gasteiger partial charge is 0.330 e. The van der Waals surface area contributed by atoms with Gasteiger partial charge >= 0.3 is 10.1 Å². The second kappa shape index (κ2) is 4.56. The lowest BCUT2D eigenvalue weighted by molar-refractivity contribution is -0.387. The lowest BCUT2D eigenvalue weighted by Crippen LogP contribution is -2.07. The Bertz CT molecular complexity index is 511. The predicted octanol–water partition coefficient (Wildman–Crippen LogP) is 0.343. The van der Waals surface area contributed by atoms with Crippen molar-refractivity contribution in [1.29, 1.82) is 0 Å². The zero-order valence-electron chi connectivity index (χ0n) is 8.16. The monoisotopic (exact) mass is 246 g/mol. The van der Waals surface area contributed by atoms with E-state index < -0.39 is 25.6 Å². The van der Waals surface area contributed by atoms with Crippen molar-refractivity contribution in [2.75, 3.05) is 6.54 Å². The summed E-state index contributed by atoms with van der Waals surface area (Å²) in [6.45, 7) is 0.280. The van der Waals surface area contributed by atoms with Crippen LogP contribution in [0.25, 0.3) is 0 Å². The van der Waals surface area contributed by atoms with Gasteiger partial charge in [-0.2, -0.15) is 8.42 Å². The Morgan fingerprint density at radius 1 is 1.44 bits per heavy atom. The van der Waals surface area contributed by atoms with Gasteiger partial charge in [0.1, 0.15) is 0 Å². The number of nitro benzene ring substituents is 1. The van der Waals surface area contributed by atoms with Gasteiger partial charge in [0.05, 0.1) is 4.92 Å². The maximum absolute atomic E-state index is 10.9. The minimum Gasteiger partial charge on any atom is -0.330 e. The summed E-state index contributed by atoms with van der Waals surface area (Å²) in [5.41, 5.74) is 5.14. The van der Waals surface area contributed by atoms with E-state index in [0.717, 1.165) is 12.1 Å². The average Bonchev–Trinajstić information content (AvgIpc) is 2.16. The van der Waals surface area contributed by atoms with Crippen LogP contribution in [0.15, 0.2) is 23.1 Å². The Kier molecular flexibility index (Phi) is 3.58. The third-order valence-corrected chi connectivity index (χ3v) is 2.81.